The number of fused-ring (bicyclic) bond motifs is 1. The molecule has 1 atom stereocenters. The Morgan fingerprint density at radius 3 is 2.63 bits per heavy atom. The van der Waals surface area contributed by atoms with Crippen LogP contribution in [0.25, 0.3) is 0 Å². The monoisotopic (exact) mass is 409 g/mol. The van der Waals surface area contributed by atoms with Crippen molar-refractivity contribution in [1.82, 2.24) is 19.8 Å². The van der Waals surface area contributed by atoms with E-state index in [1.165, 1.54) is 0 Å². The van der Waals surface area contributed by atoms with Crippen LogP contribution in [0.1, 0.15) is 18.4 Å². The van der Waals surface area contributed by atoms with Crippen molar-refractivity contribution in [3.63, 3.8) is 0 Å². The lowest BCUT2D eigenvalue weighted by Crippen LogP contribution is -2.54. The maximum Gasteiger partial charge on any atom is 0.245 e. The Hall–Kier alpha value is -3.36. The van der Waals surface area contributed by atoms with E-state index in [0.29, 0.717) is 63.0 Å². The summed E-state index contributed by atoms with van der Waals surface area (Å²) in [6.07, 6.45) is 4.40. The molecule has 1 unspecified atom stereocenters. The molecule has 9 nitrogen and oxygen atoms in total. The number of anilines is 1. The summed E-state index contributed by atoms with van der Waals surface area (Å²) in [4.78, 5) is 39.9. The summed E-state index contributed by atoms with van der Waals surface area (Å²) < 4.78 is 10.8. The summed E-state index contributed by atoms with van der Waals surface area (Å²) in [5, 5.41) is 0. The smallest absolute Gasteiger partial charge is 0.245 e. The van der Waals surface area contributed by atoms with Gasteiger partial charge >= 0.3 is 0 Å². The van der Waals surface area contributed by atoms with Gasteiger partial charge in [-0.05, 0) is 30.2 Å². The Morgan fingerprint density at radius 2 is 1.83 bits per heavy atom. The van der Waals surface area contributed by atoms with E-state index in [1.807, 2.05) is 23.1 Å². The van der Waals surface area contributed by atoms with Crippen molar-refractivity contribution in [2.45, 2.75) is 25.4 Å². The SMILES string of the molecule is O=C(C1CCC(=O)N1Cc1ccc2c(c1)OCO2)N1CCN(c2ncccn2)CC1. The summed E-state index contributed by atoms with van der Waals surface area (Å²) in [5.41, 5.74) is 0.929. The van der Waals surface area contributed by atoms with Gasteiger partial charge in [0.2, 0.25) is 24.6 Å². The highest BCUT2D eigenvalue weighted by Gasteiger charge is 2.39. The van der Waals surface area contributed by atoms with Gasteiger partial charge in [-0.1, -0.05) is 6.07 Å². The average molecular weight is 409 g/mol. The number of amides is 2. The third kappa shape index (κ3) is 3.51. The quantitative estimate of drug-likeness (QED) is 0.746. The number of aromatic nitrogens is 2. The first kappa shape index (κ1) is 18.7. The molecular formula is C21H23N5O4. The summed E-state index contributed by atoms with van der Waals surface area (Å²) in [6, 6.07) is 7.02. The summed E-state index contributed by atoms with van der Waals surface area (Å²) in [5.74, 6) is 2.11. The highest BCUT2D eigenvalue weighted by Crippen LogP contribution is 2.33. The molecule has 156 valence electrons. The van der Waals surface area contributed by atoms with Crippen LogP contribution in [0.3, 0.4) is 0 Å². The second-order valence-corrected chi connectivity index (χ2v) is 7.62. The predicted molar refractivity (Wildman–Crippen MR) is 107 cm³/mol. The molecule has 0 saturated carbocycles. The van der Waals surface area contributed by atoms with Crippen molar-refractivity contribution < 1.29 is 19.1 Å². The zero-order chi connectivity index (χ0) is 20.5. The zero-order valence-electron chi connectivity index (χ0n) is 16.6. The molecule has 4 heterocycles. The minimum atomic E-state index is -0.414. The van der Waals surface area contributed by atoms with Crippen LogP contribution in [-0.2, 0) is 16.1 Å². The Morgan fingerprint density at radius 1 is 1.07 bits per heavy atom. The van der Waals surface area contributed by atoms with Crippen LogP contribution >= 0.6 is 0 Å². The van der Waals surface area contributed by atoms with Crippen LogP contribution in [0.15, 0.2) is 36.7 Å². The first-order valence-corrected chi connectivity index (χ1v) is 10.2. The lowest BCUT2D eigenvalue weighted by Gasteiger charge is -2.37. The van der Waals surface area contributed by atoms with Crippen molar-refractivity contribution >= 4 is 17.8 Å². The average Bonchev–Trinajstić information content (AvgIpc) is 3.40. The first-order valence-electron chi connectivity index (χ1n) is 10.2. The van der Waals surface area contributed by atoms with Crippen molar-refractivity contribution in [1.29, 1.82) is 0 Å². The molecule has 2 aromatic rings. The molecule has 1 aromatic heterocycles. The second kappa shape index (κ2) is 7.81. The lowest BCUT2D eigenvalue weighted by atomic mass is 10.1. The number of ether oxygens (including phenoxy) is 2. The van der Waals surface area contributed by atoms with Gasteiger partial charge in [-0.3, -0.25) is 9.59 Å². The normalized spacial score (nSPS) is 20.7. The summed E-state index contributed by atoms with van der Waals surface area (Å²) in [6.45, 7) is 3.16. The Bertz CT molecular complexity index is 946. The summed E-state index contributed by atoms with van der Waals surface area (Å²) >= 11 is 0. The molecule has 2 fully saturated rings. The highest BCUT2D eigenvalue weighted by atomic mass is 16.7. The van der Waals surface area contributed by atoms with Gasteiger partial charge in [0.15, 0.2) is 11.5 Å². The molecular weight excluding hydrogens is 386 g/mol. The van der Waals surface area contributed by atoms with Gasteiger partial charge in [-0.2, -0.15) is 0 Å². The van der Waals surface area contributed by atoms with Crippen molar-refractivity contribution in [2.75, 3.05) is 37.9 Å². The van der Waals surface area contributed by atoms with Crippen LogP contribution in [-0.4, -0.2) is 70.6 Å². The zero-order valence-corrected chi connectivity index (χ0v) is 16.6. The Balaban J connectivity index is 1.24. The standard InChI is InChI=1S/C21H23N5O4/c27-19-5-3-16(26(19)13-15-2-4-17-18(12-15)30-14-29-17)20(28)24-8-10-25(11-9-24)21-22-6-1-7-23-21/h1-2,4,6-7,12,16H,3,5,8-11,13-14H2. The molecule has 9 heteroatoms. The molecule has 0 N–H and O–H groups in total. The molecule has 0 bridgehead atoms. The van der Waals surface area contributed by atoms with E-state index in [0.717, 1.165) is 5.56 Å². The minimum absolute atomic E-state index is 0.0161. The number of benzene rings is 1. The van der Waals surface area contributed by atoms with E-state index in [1.54, 1.807) is 23.4 Å². The van der Waals surface area contributed by atoms with Gasteiger partial charge in [0.1, 0.15) is 6.04 Å². The number of rotatable bonds is 4. The number of hydrogen-bond donors (Lipinski definition) is 0. The highest BCUT2D eigenvalue weighted by molar-refractivity contribution is 5.91. The third-order valence-corrected chi connectivity index (χ3v) is 5.83. The number of carbonyl (C=O) groups is 2. The maximum absolute atomic E-state index is 13.2. The van der Waals surface area contributed by atoms with Gasteiger partial charge in [-0.15, -0.1) is 0 Å². The fourth-order valence-electron chi connectivity index (χ4n) is 4.22. The van der Waals surface area contributed by atoms with E-state index >= 15 is 0 Å². The van der Waals surface area contributed by atoms with Gasteiger partial charge in [0, 0.05) is 51.5 Å². The van der Waals surface area contributed by atoms with Gasteiger partial charge in [0.25, 0.3) is 0 Å². The second-order valence-electron chi connectivity index (χ2n) is 7.62. The van der Waals surface area contributed by atoms with E-state index in [4.69, 9.17) is 9.47 Å². The van der Waals surface area contributed by atoms with Crippen molar-refractivity contribution in [2.24, 2.45) is 0 Å². The minimum Gasteiger partial charge on any atom is -0.454 e. The molecule has 2 saturated heterocycles. The fraction of sp³-hybridized carbons (Fsp3) is 0.429. The van der Waals surface area contributed by atoms with Gasteiger partial charge < -0.3 is 24.2 Å². The van der Waals surface area contributed by atoms with Crippen LogP contribution in [0, 0.1) is 0 Å². The molecule has 3 aliphatic rings. The lowest BCUT2D eigenvalue weighted by molar-refractivity contribution is -0.142. The number of likely N-dealkylation sites (tertiary alicyclic amines) is 1. The van der Waals surface area contributed by atoms with E-state index in [9.17, 15) is 9.59 Å². The van der Waals surface area contributed by atoms with Crippen molar-refractivity contribution in [3.05, 3.63) is 42.2 Å². The topological polar surface area (TPSA) is 88.1 Å². The van der Waals surface area contributed by atoms with E-state index < -0.39 is 6.04 Å². The molecule has 3 aliphatic heterocycles. The molecule has 30 heavy (non-hydrogen) atoms. The number of piperazine rings is 1. The number of hydrogen-bond acceptors (Lipinski definition) is 7. The maximum atomic E-state index is 13.2. The Kier molecular flexibility index (Phi) is 4.86. The third-order valence-electron chi connectivity index (χ3n) is 5.83. The molecule has 0 radical (unpaired) electrons. The predicted octanol–water partition coefficient (Wildman–Crippen LogP) is 1.05. The largest absolute Gasteiger partial charge is 0.454 e. The first-order chi connectivity index (χ1) is 14.7. The van der Waals surface area contributed by atoms with E-state index in [-0.39, 0.29) is 18.6 Å². The molecule has 0 spiro atoms. The molecule has 0 aliphatic carbocycles. The van der Waals surface area contributed by atoms with Crippen LogP contribution in [0.5, 0.6) is 11.5 Å². The molecule has 2 amide bonds. The fourth-order valence-corrected chi connectivity index (χ4v) is 4.22. The van der Waals surface area contributed by atoms with Crippen LogP contribution in [0.2, 0.25) is 0 Å². The molecule has 1 aromatic carbocycles. The number of carbonyl (C=O) groups excluding carboxylic acids is 2. The molecule has 5 rings (SSSR count). The van der Waals surface area contributed by atoms with Gasteiger partial charge in [-0.25, -0.2) is 9.97 Å². The van der Waals surface area contributed by atoms with Crippen molar-refractivity contribution in [3.8, 4) is 11.5 Å². The Labute approximate surface area is 174 Å². The van der Waals surface area contributed by atoms with Gasteiger partial charge in [0.05, 0.1) is 0 Å². The number of nitrogens with zero attached hydrogens (tertiary/aromatic N) is 5. The summed E-state index contributed by atoms with van der Waals surface area (Å²) in [7, 11) is 0. The van der Waals surface area contributed by atoms with Crippen LogP contribution < -0.4 is 14.4 Å². The van der Waals surface area contributed by atoms with E-state index in [2.05, 4.69) is 14.9 Å². The van der Waals surface area contributed by atoms with Crippen LogP contribution in [0.4, 0.5) is 5.95 Å².